The number of carboxylic acids is 1. The summed E-state index contributed by atoms with van der Waals surface area (Å²) in [5, 5.41) is 18.0. The third-order valence-electron chi connectivity index (χ3n) is 4.06. The minimum atomic E-state index is -0.978. The van der Waals surface area contributed by atoms with Crippen molar-refractivity contribution in [1.82, 2.24) is 0 Å². The van der Waals surface area contributed by atoms with Gasteiger partial charge in [0, 0.05) is 6.61 Å². The fourth-order valence-corrected chi connectivity index (χ4v) is 2.74. The van der Waals surface area contributed by atoms with Gasteiger partial charge in [-0.25, -0.2) is 4.79 Å². The van der Waals surface area contributed by atoms with Crippen LogP contribution in [0.3, 0.4) is 0 Å². The predicted octanol–water partition coefficient (Wildman–Crippen LogP) is 3.49. The molecule has 4 heteroatoms. The summed E-state index contributed by atoms with van der Waals surface area (Å²) in [6.45, 7) is 0.244. The number of rotatable bonds is 9. The number of aryl methyl sites for hydroxylation is 3. The lowest BCUT2D eigenvalue weighted by Crippen LogP contribution is -2.02. The van der Waals surface area contributed by atoms with Crippen LogP contribution in [0, 0.1) is 0 Å². The highest BCUT2D eigenvalue weighted by Crippen LogP contribution is 2.21. The number of carboxylic acid groups (broad SMARTS) is 1. The van der Waals surface area contributed by atoms with Crippen molar-refractivity contribution in [3.05, 3.63) is 64.7 Å². The molecule has 0 radical (unpaired) electrons. The average Bonchev–Trinajstić information content (AvgIpc) is 2.60. The van der Waals surface area contributed by atoms with E-state index in [1.807, 2.05) is 6.07 Å². The van der Waals surface area contributed by atoms with Crippen molar-refractivity contribution in [2.24, 2.45) is 0 Å². The number of aliphatic hydroxyl groups is 1. The molecule has 0 bridgehead atoms. The maximum absolute atomic E-state index is 11.1. The Bertz CT molecular complexity index is 679. The van der Waals surface area contributed by atoms with Gasteiger partial charge in [-0.1, -0.05) is 30.3 Å². The molecule has 2 N–H and O–H groups in total. The van der Waals surface area contributed by atoms with Crippen LogP contribution in [0.4, 0.5) is 0 Å². The summed E-state index contributed by atoms with van der Waals surface area (Å²) in [6, 6.07) is 13.7. The molecule has 0 spiro atoms. The molecule has 2 aromatic rings. The molecule has 24 heavy (non-hydrogen) atoms. The van der Waals surface area contributed by atoms with Crippen molar-refractivity contribution in [2.75, 3.05) is 13.7 Å². The van der Waals surface area contributed by atoms with Crippen LogP contribution < -0.4 is 4.74 Å². The molecule has 0 fully saturated rings. The SMILES string of the molecule is COc1cc(CCc2cccc(CCCCO)c2)ccc1C(=O)O. The number of unbranched alkanes of at least 4 members (excludes halogenated alkanes) is 1. The van der Waals surface area contributed by atoms with Gasteiger partial charge in [0.25, 0.3) is 0 Å². The maximum atomic E-state index is 11.1. The predicted molar refractivity (Wildman–Crippen MR) is 93.8 cm³/mol. The number of benzene rings is 2. The number of hydrogen-bond acceptors (Lipinski definition) is 3. The Labute approximate surface area is 142 Å². The Kier molecular flexibility index (Phi) is 6.82. The summed E-state index contributed by atoms with van der Waals surface area (Å²) in [5.41, 5.74) is 3.80. The molecule has 0 heterocycles. The van der Waals surface area contributed by atoms with Gasteiger partial charge in [0.15, 0.2) is 0 Å². The Morgan fingerprint density at radius 1 is 0.958 bits per heavy atom. The first kappa shape index (κ1) is 18.0. The Morgan fingerprint density at radius 3 is 2.25 bits per heavy atom. The zero-order chi connectivity index (χ0) is 17.4. The van der Waals surface area contributed by atoms with Crippen LogP contribution in [0.25, 0.3) is 0 Å². The van der Waals surface area contributed by atoms with Crippen molar-refractivity contribution >= 4 is 5.97 Å². The lowest BCUT2D eigenvalue weighted by Gasteiger charge is -2.09. The second kappa shape index (κ2) is 9.08. The minimum Gasteiger partial charge on any atom is -0.496 e. The molecule has 4 nitrogen and oxygen atoms in total. The van der Waals surface area contributed by atoms with E-state index >= 15 is 0 Å². The molecule has 0 amide bonds. The fourth-order valence-electron chi connectivity index (χ4n) is 2.74. The van der Waals surface area contributed by atoms with Crippen LogP contribution in [0.15, 0.2) is 42.5 Å². The van der Waals surface area contributed by atoms with Crippen LogP contribution >= 0.6 is 0 Å². The van der Waals surface area contributed by atoms with Gasteiger partial charge in [0.1, 0.15) is 11.3 Å². The minimum absolute atomic E-state index is 0.187. The van der Waals surface area contributed by atoms with Gasteiger partial charge in [-0.2, -0.15) is 0 Å². The quantitative estimate of drug-likeness (QED) is 0.692. The second-order valence-corrected chi connectivity index (χ2v) is 5.84. The smallest absolute Gasteiger partial charge is 0.339 e. The summed E-state index contributed by atoms with van der Waals surface area (Å²) in [5.74, 6) is -0.577. The average molecular weight is 328 g/mol. The molecule has 0 aromatic heterocycles. The highest BCUT2D eigenvalue weighted by atomic mass is 16.5. The fraction of sp³-hybridized carbons (Fsp3) is 0.350. The van der Waals surface area contributed by atoms with E-state index in [0.717, 1.165) is 37.7 Å². The van der Waals surface area contributed by atoms with Crippen LogP contribution in [0.2, 0.25) is 0 Å². The van der Waals surface area contributed by atoms with E-state index in [-0.39, 0.29) is 12.2 Å². The van der Waals surface area contributed by atoms with E-state index in [1.165, 1.54) is 18.2 Å². The highest BCUT2D eigenvalue weighted by Gasteiger charge is 2.11. The molecule has 0 unspecified atom stereocenters. The van der Waals surface area contributed by atoms with Crippen molar-refractivity contribution in [3.63, 3.8) is 0 Å². The summed E-state index contributed by atoms with van der Waals surface area (Å²) < 4.78 is 5.17. The Morgan fingerprint density at radius 2 is 1.62 bits per heavy atom. The zero-order valence-corrected chi connectivity index (χ0v) is 14.0. The standard InChI is InChI=1S/C20H24O4/c1-24-19-14-17(10-11-18(19)20(22)23)9-8-16-7-4-6-15(13-16)5-2-3-12-21/h4,6-7,10-11,13-14,21H,2-3,5,8-9,12H2,1H3,(H,22,23). The van der Waals surface area contributed by atoms with E-state index in [4.69, 9.17) is 14.9 Å². The van der Waals surface area contributed by atoms with Gasteiger partial charge in [0.2, 0.25) is 0 Å². The molecular weight excluding hydrogens is 304 g/mol. The largest absolute Gasteiger partial charge is 0.496 e. The van der Waals surface area contributed by atoms with Crippen LogP contribution in [-0.4, -0.2) is 29.9 Å². The molecule has 0 saturated carbocycles. The van der Waals surface area contributed by atoms with Crippen LogP contribution in [-0.2, 0) is 19.3 Å². The Hall–Kier alpha value is -2.33. The van der Waals surface area contributed by atoms with E-state index in [9.17, 15) is 4.79 Å². The molecule has 2 rings (SSSR count). The number of carbonyl (C=O) groups is 1. The van der Waals surface area contributed by atoms with Crippen molar-refractivity contribution in [3.8, 4) is 5.75 Å². The Balaban J connectivity index is 2.00. The third-order valence-corrected chi connectivity index (χ3v) is 4.06. The van der Waals surface area contributed by atoms with E-state index in [1.54, 1.807) is 12.1 Å². The number of hydrogen-bond donors (Lipinski definition) is 2. The first-order valence-electron chi connectivity index (χ1n) is 8.23. The van der Waals surface area contributed by atoms with Gasteiger partial charge >= 0.3 is 5.97 Å². The van der Waals surface area contributed by atoms with E-state index < -0.39 is 5.97 Å². The first-order valence-corrected chi connectivity index (χ1v) is 8.23. The molecule has 0 aliphatic heterocycles. The molecule has 0 atom stereocenters. The van der Waals surface area contributed by atoms with E-state index in [2.05, 4.69) is 24.3 Å². The summed E-state index contributed by atoms with van der Waals surface area (Å²) in [7, 11) is 1.49. The number of ether oxygens (including phenoxy) is 1. The first-order chi connectivity index (χ1) is 11.6. The van der Waals surface area contributed by atoms with Crippen molar-refractivity contribution in [1.29, 1.82) is 0 Å². The summed E-state index contributed by atoms with van der Waals surface area (Å²) in [4.78, 5) is 11.1. The lowest BCUT2D eigenvalue weighted by atomic mass is 9.99. The summed E-state index contributed by atoms with van der Waals surface area (Å²) in [6.07, 6.45) is 4.53. The maximum Gasteiger partial charge on any atom is 0.339 e. The number of methoxy groups -OCH3 is 1. The van der Waals surface area contributed by atoms with Gasteiger partial charge in [-0.3, -0.25) is 0 Å². The summed E-state index contributed by atoms with van der Waals surface area (Å²) >= 11 is 0. The van der Waals surface area contributed by atoms with Crippen molar-refractivity contribution in [2.45, 2.75) is 32.1 Å². The molecule has 2 aromatic carbocycles. The van der Waals surface area contributed by atoms with Crippen molar-refractivity contribution < 1.29 is 19.7 Å². The third kappa shape index (κ3) is 5.10. The topological polar surface area (TPSA) is 66.8 Å². The van der Waals surface area contributed by atoms with Gasteiger partial charge in [0.05, 0.1) is 7.11 Å². The van der Waals surface area contributed by atoms with Gasteiger partial charge < -0.3 is 14.9 Å². The molecule has 128 valence electrons. The highest BCUT2D eigenvalue weighted by molar-refractivity contribution is 5.90. The number of aromatic carboxylic acids is 1. The molecule has 0 aliphatic rings. The molecule has 0 saturated heterocycles. The lowest BCUT2D eigenvalue weighted by molar-refractivity contribution is 0.0693. The number of aliphatic hydroxyl groups excluding tert-OH is 1. The monoisotopic (exact) mass is 328 g/mol. The second-order valence-electron chi connectivity index (χ2n) is 5.84. The van der Waals surface area contributed by atoms with Crippen LogP contribution in [0.5, 0.6) is 5.75 Å². The van der Waals surface area contributed by atoms with E-state index in [0.29, 0.717) is 5.75 Å². The van der Waals surface area contributed by atoms with Gasteiger partial charge in [-0.15, -0.1) is 0 Å². The molecule has 0 aliphatic carbocycles. The van der Waals surface area contributed by atoms with Gasteiger partial charge in [-0.05, 0) is 60.9 Å². The normalized spacial score (nSPS) is 10.6. The van der Waals surface area contributed by atoms with Crippen LogP contribution in [0.1, 0.15) is 39.9 Å². The zero-order valence-electron chi connectivity index (χ0n) is 14.0. The molecular formula is C20H24O4.